The fourth-order valence-corrected chi connectivity index (χ4v) is 2.34. The second kappa shape index (κ2) is 8.24. The molecule has 0 atom stereocenters. The van der Waals surface area contributed by atoms with Crippen LogP contribution in [-0.2, 0) is 6.18 Å². The first-order chi connectivity index (χ1) is 12.9. The third kappa shape index (κ3) is 6.00. The summed E-state index contributed by atoms with van der Waals surface area (Å²) in [6.45, 7) is 9.93. The summed E-state index contributed by atoms with van der Waals surface area (Å²) in [5.41, 5.74) is -0.770. The van der Waals surface area contributed by atoms with Crippen LogP contribution in [0.1, 0.15) is 40.2 Å². The van der Waals surface area contributed by atoms with Gasteiger partial charge in [0, 0.05) is 18.9 Å². The Hall–Kier alpha value is -2.51. The van der Waals surface area contributed by atoms with Gasteiger partial charge in [0.05, 0.1) is 6.61 Å². The van der Waals surface area contributed by atoms with Gasteiger partial charge in [0.1, 0.15) is 16.9 Å². The molecule has 2 aromatic rings. The van der Waals surface area contributed by atoms with Crippen LogP contribution in [-0.4, -0.2) is 29.2 Å². The molecule has 2 rings (SSSR count). The number of halogens is 3. The quantitative estimate of drug-likeness (QED) is 0.646. The molecule has 0 aliphatic rings. The molecular weight excluding hydrogens is 371 g/mol. The van der Waals surface area contributed by atoms with E-state index in [4.69, 9.17) is 9.47 Å². The van der Waals surface area contributed by atoms with Crippen LogP contribution in [0.2, 0.25) is 0 Å². The molecule has 1 aromatic carbocycles. The summed E-state index contributed by atoms with van der Waals surface area (Å²) in [5.74, 6) is 0.553. The fraction of sp³-hybridized carbons (Fsp3) is 0.500. The van der Waals surface area contributed by atoms with E-state index in [-0.39, 0.29) is 23.3 Å². The molecule has 0 saturated heterocycles. The van der Waals surface area contributed by atoms with Crippen molar-refractivity contribution in [3.05, 3.63) is 36.0 Å². The molecule has 0 aliphatic carbocycles. The van der Waals surface area contributed by atoms with Crippen molar-refractivity contribution in [2.45, 2.75) is 46.4 Å². The Labute approximate surface area is 163 Å². The van der Waals surface area contributed by atoms with Gasteiger partial charge < -0.3 is 14.4 Å². The monoisotopic (exact) mass is 397 g/mol. The maximum absolute atomic E-state index is 13.5. The zero-order valence-corrected chi connectivity index (χ0v) is 17.0. The summed E-state index contributed by atoms with van der Waals surface area (Å²) < 4.78 is 51.5. The van der Waals surface area contributed by atoms with Crippen LogP contribution in [0.3, 0.4) is 0 Å². The lowest BCUT2D eigenvalue weighted by molar-refractivity contribution is -0.137. The van der Waals surface area contributed by atoms with Crippen molar-refractivity contribution in [2.24, 2.45) is 5.92 Å². The lowest BCUT2D eigenvalue weighted by atomic mass is 10.2. The Morgan fingerprint density at radius 1 is 1.07 bits per heavy atom. The molecule has 0 radical (unpaired) electrons. The molecule has 28 heavy (non-hydrogen) atoms. The molecule has 0 saturated carbocycles. The minimum Gasteiger partial charge on any atom is -0.488 e. The highest BCUT2D eigenvalue weighted by Crippen LogP contribution is 2.38. The number of hydrogen-bond donors (Lipinski definition) is 0. The fourth-order valence-electron chi connectivity index (χ4n) is 2.34. The molecule has 0 bridgehead atoms. The Morgan fingerprint density at radius 2 is 1.68 bits per heavy atom. The van der Waals surface area contributed by atoms with Crippen molar-refractivity contribution >= 4 is 11.5 Å². The summed E-state index contributed by atoms with van der Waals surface area (Å²) in [7, 11) is 1.52. The predicted molar refractivity (Wildman–Crippen MR) is 102 cm³/mol. The first-order valence-corrected chi connectivity index (χ1v) is 8.96. The molecule has 5 nitrogen and oxygen atoms in total. The van der Waals surface area contributed by atoms with Gasteiger partial charge in [-0.05, 0) is 51.0 Å². The normalized spacial score (nSPS) is 12.2. The maximum atomic E-state index is 13.5. The highest BCUT2D eigenvalue weighted by molar-refractivity contribution is 5.63. The third-order valence-corrected chi connectivity index (χ3v) is 3.56. The molecular formula is C20H26F3N3O2. The van der Waals surface area contributed by atoms with E-state index in [0.29, 0.717) is 18.0 Å². The molecule has 0 aliphatic heterocycles. The SMILES string of the molecule is CC(C)COc1ncc(C(F)(F)F)c(N(C)c2ccc(OC(C)(C)C)cc2)n1. The lowest BCUT2D eigenvalue weighted by Crippen LogP contribution is -2.23. The molecule has 8 heteroatoms. The molecule has 0 fully saturated rings. The van der Waals surface area contributed by atoms with Gasteiger partial charge in [-0.25, -0.2) is 4.98 Å². The van der Waals surface area contributed by atoms with Crippen LogP contribution in [0, 0.1) is 5.92 Å². The highest BCUT2D eigenvalue weighted by Gasteiger charge is 2.36. The lowest BCUT2D eigenvalue weighted by Gasteiger charge is -2.24. The number of nitrogens with zero attached hydrogens (tertiary/aromatic N) is 3. The van der Waals surface area contributed by atoms with Crippen LogP contribution in [0.15, 0.2) is 30.5 Å². The summed E-state index contributed by atoms with van der Waals surface area (Å²) in [6.07, 6.45) is -3.83. The molecule has 1 aromatic heterocycles. The molecule has 0 N–H and O–H groups in total. The third-order valence-electron chi connectivity index (χ3n) is 3.56. The molecule has 154 valence electrons. The second-order valence-electron chi connectivity index (χ2n) is 7.86. The number of alkyl halides is 3. The molecule has 0 unspecified atom stereocenters. The highest BCUT2D eigenvalue weighted by atomic mass is 19.4. The van der Waals surface area contributed by atoms with E-state index in [9.17, 15) is 13.2 Å². The van der Waals surface area contributed by atoms with E-state index in [1.807, 2.05) is 34.6 Å². The maximum Gasteiger partial charge on any atom is 0.421 e. The van der Waals surface area contributed by atoms with Crippen molar-refractivity contribution < 1.29 is 22.6 Å². The Bertz CT molecular complexity index is 785. The van der Waals surface area contributed by atoms with Crippen molar-refractivity contribution in [1.29, 1.82) is 0 Å². The van der Waals surface area contributed by atoms with Crippen LogP contribution in [0.4, 0.5) is 24.7 Å². The van der Waals surface area contributed by atoms with Gasteiger partial charge in [0.25, 0.3) is 0 Å². The standard InChI is InChI=1S/C20H26F3N3O2/c1-13(2)12-27-18-24-11-16(20(21,22)23)17(25-18)26(6)14-7-9-15(10-8-14)28-19(3,4)5/h7-11,13H,12H2,1-6H3. The van der Waals surface area contributed by atoms with Crippen LogP contribution >= 0.6 is 0 Å². The Balaban J connectivity index is 2.36. The minimum absolute atomic E-state index is 0.0868. The van der Waals surface area contributed by atoms with Gasteiger partial charge in [-0.1, -0.05) is 13.8 Å². The van der Waals surface area contributed by atoms with Gasteiger partial charge >= 0.3 is 12.2 Å². The van der Waals surface area contributed by atoms with Crippen molar-refractivity contribution in [3.63, 3.8) is 0 Å². The van der Waals surface area contributed by atoms with Crippen molar-refractivity contribution in [1.82, 2.24) is 9.97 Å². The van der Waals surface area contributed by atoms with Crippen molar-refractivity contribution in [2.75, 3.05) is 18.6 Å². The van der Waals surface area contributed by atoms with Crippen LogP contribution in [0.25, 0.3) is 0 Å². The molecule has 0 spiro atoms. The van der Waals surface area contributed by atoms with E-state index in [0.717, 1.165) is 6.20 Å². The van der Waals surface area contributed by atoms with Gasteiger partial charge in [0.2, 0.25) is 0 Å². The predicted octanol–water partition coefficient (Wildman–Crippen LogP) is 5.48. The second-order valence-corrected chi connectivity index (χ2v) is 7.86. The topological polar surface area (TPSA) is 47.5 Å². The van der Waals surface area contributed by atoms with E-state index >= 15 is 0 Å². The van der Waals surface area contributed by atoms with Gasteiger partial charge in [-0.2, -0.15) is 18.2 Å². The van der Waals surface area contributed by atoms with Gasteiger partial charge in [0.15, 0.2) is 5.82 Å². The zero-order chi connectivity index (χ0) is 21.1. The zero-order valence-electron chi connectivity index (χ0n) is 17.0. The van der Waals surface area contributed by atoms with E-state index < -0.39 is 11.7 Å². The number of aromatic nitrogens is 2. The summed E-state index contributed by atoms with van der Waals surface area (Å²) >= 11 is 0. The first-order valence-electron chi connectivity index (χ1n) is 8.96. The number of ether oxygens (including phenoxy) is 2. The largest absolute Gasteiger partial charge is 0.488 e. The number of anilines is 2. The molecule has 0 amide bonds. The molecule has 1 heterocycles. The Morgan fingerprint density at radius 3 is 2.18 bits per heavy atom. The first kappa shape index (κ1) is 21.8. The summed E-state index contributed by atoms with van der Waals surface area (Å²) in [5, 5.41) is 0. The van der Waals surface area contributed by atoms with Gasteiger partial charge in [-0.3, -0.25) is 0 Å². The number of rotatable bonds is 6. The average Bonchev–Trinajstić information content (AvgIpc) is 2.57. The van der Waals surface area contributed by atoms with Gasteiger partial charge in [-0.15, -0.1) is 0 Å². The van der Waals surface area contributed by atoms with E-state index in [2.05, 4.69) is 9.97 Å². The van der Waals surface area contributed by atoms with E-state index in [1.165, 1.54) is 11.9 Å². The summed E-state index contributed by atoms with van der Waals surface area (Å²) in [4.78, 5) is 9.07. The van der Waals surface area contributed by atoms with Crippen LogP contribution in [0.5, 0.6) is 11.8 Å². The van der Waals surface area contributed by atoms with Crippen molar-refractivity contribution in [3.8, 4) is 11.8 Å². The van der Waals surface area contributed by atoms with E-state index in [1.54, 1.807) is 24.3 Å². The minimum atomic E-state index is -4.59. The number of benzene rings is 1. The van der Waals surface area contributed by atoms with Crippen LogP contribution < -0.4 is 14.4 Å². The Kier molecular flexibility index (Phi) is 6.41. The average molecular weight is 397 g/mol. The smallest absolute Gasteiger partial charge is 0.421 e. The number of hydrogen-bond acceptors (Lipinski definition) is 5. The summed E-state index contributed by atoms with van der Waals surface area (Å²) in [6, 6.07) is 6.69.